The van der Waals surface area contributed by atoms with E-state index < -0.39 is 10.9 Å². The average Bonchev–Trinajstić information content (AvgIpc) is 2.90. The molecule has 104 valence electrons. The number of carboxylic acid groups (broad SMARTS) is 1. The molecule has 0 bridgehead atoms. The summed E-state index contributed by atoms with van der Waals surface area (Å²) in [5, 5.41) is 22.9. The molecular formula is C13H12N2O5. The minimum atomic E-state index is -1.21. The molecule has 1 aromatic heterocycles. The second-order valence-electron chi connectivity index (χ2n) is 4.16. The molecular weight excluding hydrogens is 264 g/mol. The zero-order valence-corrected chi connectivity index (χ0v) is 10.6. The van der Waals surface area contributed by atoms with Crippen molar-refractivity contribution in [1.82, 2.24) is 0 Å². The number of carboxylic acids is 1. The molecule has 2 aromatic rings. The molecule has 0 saturated carbocycles. The zero-order valence-electron chi connectivity index (χ0n) is 10.6. The average molecular weight is 276 g/mol. The summed E-state index contributed by atoms with van der Waals surface area (Å²) in [5.41, 5.74) is 0.413. The lowest BCUT2D eigenvalue weighted by molar-refractivity contribution is -0.385. The van der Waals surface area contributed by atoms with Gasteiger partial charge in [-0.25, -0.2) is 4.79 Å². The Labute approximate surface area is 114 Å². The Hall–Kier alpha value is -2.83. The summed E-state index contributed by atoms with van der Waals surface area (Å²) in [6.45, 7) is 1.88. The van der Waals surface area contributed by atoms with E-state index in [2.05, 4.69) is 5.32 Å². The van der Waals surface area contributed by atoms with Gasteiger partial charge in [-0.1, -0.05) is 0 Å². The van der Waals surface area contributed by atoms with Gasteiger partial charge in [0.1, 0.15) is 5.76 Å². The number of furan rings is 1. The fraction of sp³-hybridized carbons (Fsp3) is 0.154. The van der Waals surface area contributed by atoms with Gasteiger partial charge < -0.3 is 14.8 Å². The first kappa shape index (κ1) is 13.6. The quantitative estimate of drug-likeness (QED) is 0.642. The first-order chi connectivity index (χ1) is 9.49. The predicted octanol–water partition coefficient (Wildman–Crippen LogP) is 2.81. The van der Waals surface area contributed by atoms with E-state index in [9.17, 15) is 14.9 Å². The summed E-state index contributed by atoms with van der Waals surface area (Å²) in [6.07, 6.45) is 1.51. The van der Waals surface area contributed by atoms with Crippen LogP contribution in [0.3, 0.4) is 0 Å². The molecule has 20 heavy (non-hydrogen) atoms. The Balaban J connectivity index is 2.35. The molecule has 0 saturated heterocycles. The third kappa shape index (κ3) is 2.77. The Morgan fingerprint density at radius 3 is 2.80 bits per heavy atom. The summed E-state index contributed by atoms with van der Waals surface area (Å²) in [7, 11) is 0. The van der Waals surface area contributed by atoms with E-state index in [-0.39, 0.29) is 11.3 Å². The highest BCUT2D eigenvalue weighted by Gasteiger charge is 2.19. The fourth-order valence-electron chi connectivity index (χ4n) is 1.79. The number of nitro benzene ring substituents is 1. The van der Waals surface area contributed by atoms with Crippen molar-refractivity contribution < 1.29 is 19.2 Å². The standard InChI is InChI=1S/C13H12N2O5/c1-8-11(14-7-10-3-2-4-20-10)5-9(13(16)17)6-12(8)15(18)19/h2-6,14H,7H2,1H3,(H,16,17). The minimum Gasteiger partial charge on any atom is -0.478 e. The van der Waals surface area contributed by atoms with Gasteiger partial charge in [-0.3, -0.25) is 10.1 Å². The second kappa shape index (κ2) is 5.43. The Morgan fingerprint density at radius 2 is 2.25 bits per heavy atom. The second-order valence-corrected chi connectivity index (χ2v) is 4.16. The molecule has 1 heterocycles. The van der Waals surface area contributed by atoms with E-state index >= 15 is 0 Å². The van der Waals surface area contributed by atoms with Gasteiger partial charge in [-0.05, 0) is 25.1 Å². The van der Waals surface area contributed by atoms with E-state index in [1.165, 1.54) is 12.3 Å². The van der Waals surface area contributed by atoms with Gasteiger partial charge in [0.25, 0.3) is 5.69 Å². The van der Waals surface area contributed by atoms with Crippen LogP contribution in [0.4, 0.5) is 11.4 Å². The van der Waals surface area contributed by atoms with Crippen molar-refractivity contribution >= 4 is 17.3 Å². The highest BCUT2D eigenvalue weighted by molar-refractivity contribution is 5.90. The lowest BCUT2D eigenvalue weighted by Gasteiger charge is -2.10. The number of aromatic carboxylic acids is 1. The summed E-state index contributed by atoms with van der Waals surface area (Å²) in [4.78, 5) is 21.4. The van der Waals surface area contributed by atoms with Crippen LogP contribution in [0.25, 0.3) is 0 Å². The van der Waals surface area contributed by atoms with Crippen molar-refractivity contribution in [3.63, 3.8) is 0 Å². The van der Waals surface area contributed by atoms with Crippen molar-refractivity contribution in [3.8, 4) is 0 Å². The van der Waals surface area contributed by atoms with Crippen LogP contribution in [0.2, 0.25) is 0 Å². The summed E-state index contributed by atoms with van der Waals surface area (Å²) in [6, 6.07) is 5.89. The molecule has 0 radical (unpaired) electrons. The maximum atomic E-state index is 11.0. The largest absolute Gasteiger partial charge is 0.478 e. The number of hydrogen-bond donors (Lipinski definition) is 2. The molecule has 7 heteroatoms. The van der Waals surface area contributed by atoms with Crippen LogP contribution >= 0.6 is 0 Å². The molecule has 0 aliphatic rings. The van der Waals surface area contributed by atoms with Gasteiger partial charge in [0.2, 0.25) is 0 Å². The molecule has 7 nitrogen and oxygen atoms in total. The van der Waals surface area contributed by atoms with E-state index in [1.807, 2.05) is 0 Å². The molecule has 1 aromatic carbocycles. The number of benzene rings is 1. The molecule has 0 atom stereocenters. The predicted molar refractivity (Wildman–Crippen MR) is 70.8 cm³/mol. The number of nitrogens with zero attached hydrogens (tertiary/aromatic N) is 1. The molecule has 0 fully saturated rings. The van der Waals surface area contributed by atoms with Gasteiger partial charge >= 0.3 is 5.97 Å². The van der Waals surface area contributed by atoms with E-state index in [0.29, 0.717) is 23.6 Å². The maximum Gasteiger partial charge on any atom is 0.336 e. The monoisotopic (exact) mass is 276 g/mol. The molecule has 0 aliphatic carbocycles. The first-order valence-corrected chi connectivity index (χ1v) is 5.77. The summed E-state index contributed by atoms with van der Waals surface area (Å²) >= 11 is 0. The van der Waals surface area contributed by atoms with Gasteiger partial charge in [-0.2, -0.15) is 0 Å². The molecule has 2 N–H and O–H groups in total. The van der Waals surface area contributed by atoms with Crippen molar-refractivity contribution in [2.75, 3.05) is 5.32 Å². The van der Waals surface area contributed by atoms with Crippen molar-refractivity contribution in [2.45, 2.75) is 13.5 Å². The van der Waals surface area contributed by atoms with Crippen LogP contribution in [0.5, 0.6) is 0 Å². The number of nitro groups is 1. The number of hydrogen-bond acceptors (Lipinski definition) is 5. The van der Waals surface area contributed by atoms with Crippen LogP contribution < -0.4 is 5.32 Å². The number of anilines is 1. The van der Waals surface area contributed by atoms with Crippen molar-refractivity contribution in [1.29, 1.82) is 0 Å². The molecule has 0 spiro atoms. The SMILES string of the molecule is Cc1c(NCc2ccco2)cc(C(=O)O)cc1[N+](=O)[O-]. The lowest BCUT2D eigenvalue weighted by atomic mass is 10.1. The summed E-state index contributed by atoms with van der Waals surface area (Å²) in [5.74, 6) is -0.568. The molecule has 2 rings (SSSR count). The third-order valence-electron chi connectivity index (χ3n) is 2.86. The highest BCUT2D eigenvalue weighted by atomic mass is 16.6. The molecule has 0 aliphatic heterocycles. The van der Waals surface area contributed by atoms with Crippen LogP contribution in [0.15, 0.2) is 34.9 Å². The van der Waals surface area contributed by atoms with Gasteiger partial charge in [-0.15, -0.1) is 0 Å². The molecule has 0 unspecified atom stereocenters. The van der Waals surface area contributed by atoms with Crippen LogP contribution in [0, 0.1) is 17.0 Å². The fourth-order valence-corrected chi connectivity index (χ4v) is 1.79. The van der Waals surface area contributed by atoms with Crippen LogP contribution in [-0.4, -0.2) is 16.0 Å². The smallest absolute Gasteiger partial charge is 0.336 e. The van der Waals surface area contributed by atoms with E-state index in [4.69, 9.17) is 9.52 Å². The van der Waals surface area contributed by atoms with Crippen LogP contribution in [0.1, 0.15) is 21.7 Å². The van der Waals surface area contributed by atoms with Gasteiger partial charge in [0, 0.05) is 17.3 Å². The topological polar surface area (TPSA) is 106 Å². The van der Waals surface area contributed by atoms with Gasteiger partial charge in [0.15, 0.2) is 0 Å². The normalized spacial score (nSPS) is 10.2. The van der Waals surface area contributed by atoms with Gasteiger partial charge in [0.05, 0.1) is 23.3 Å². The minimum absolute atomic E-state index is 0.135. The third-order valence-corrected chi connectivity index (χ3v) is 2.86. The van der Waals surface area contributed by atoms with Crippen molar-refractivity contribution in [3.05, 3.63) is 57.5 Å². The Bertz CT molecular complexity index is 649. The lowest BCUT2D eigenvalue weighted by Crippen LogP contribution is -2.06. The number of carbonyl (C=O) groups is 1. The van der Waals surface area contributed by atoms with E-state index in [0.717, 1.165) is 6.07 Å². The Kier molecular flexibility index (Phi) is 3.69. The zero-order chi connectivity index (χ0) is 14.7. The van der Waals surface area contributed by atoms with Crippen molar-refractivity contribution in [2.24, 2.45) is 0 Å². The highest BCUT2D eigenvalue weighted by Crippen LogP contribution is 2.28. The summed E-state index contributed by atoms with van der Waals surface area (Å²) < 4.78 is 5.14. The van der Waals surface area contributed by atoms with Crippen LogP contribution in [-0.2, 0) is 6.54 Å². The number of rotatable bonds is 5. The number of nitrogens with one attached hydrogen (secondary N) is 1. The maximum absolute atomic E-state index is 11.0. The molecule has 0 amide bonds. The van der Waals surface area contributed by atoms with E-state index in [1.54, 1.807) is 19.1 Å². The Morgan fingerprint density at radius 1 is 1.50 bits per heavy atom. The first-order valence-electron chi connectivity index (χ1n) is 5.77.